The molecule has 1 aromatic carbocycles. The lowest BCUT2D eigenvalue weighted by molar-refractivity contribution is -0.213. The predicted octanol–water partition coefficient (Wildman–Crippen LogP) is 0.903. The summed E-state index contributed by atoms with van der Waals surface area (Å²) in [4.78, 5) is 16.1. The van der Waals surface area contributed by atoms with E-state index in [1.807, 2.05) is 20.8 Å². The minimum Gasteiger partial charge on any atom is -0.858 e. The number of amides is 1. The Balaban J connectivity index is 1.90. The quantitative estimate of drug-likeness (QED) is 0.652. The molecular formula is C17H20N5O2-. The van der Waals surface area contributed by atoms with Crippen molar-refractivity contribution >= 4 is 11.8 Å². The largest absolute Gasteiger partial charge is 0.858 e. The fourth-order valence-corrected chi connectivity index (χ4v) is 2.51. The van der Waals surface area contributed by atoms with Gasteiger partial charge in [-0.1, -0.05) is 11.3 Å². The zero-order valence-electron chi connectivity index (χ0n) is 14.0. The SMILES string of the molecule is CCN=C([O-])c1ccc(-n2nnc(C(=O)NC3CC3)c2C)c(C)c1. The number of rotatable bonds is 5. The summed E-state index contributed by atoms with van der Waals surface area (Å²) in [5, 5.41) is 22.9. The maximum atomic E-state index is 12.2. The number of hydrogen-bond donors (Lipinski definition) is 1. The average Bonchev–Trinajstić information content (AvgIpc) is 3.28. The Morgan fingerprint density at radius 3 is 2.79 bits per heavy atom. The van der Waals surface area contributed by atoms with Crippen molar-refractivity contribution in [3.8, 4) is 5.69 Å². The Labute approximate surface area is 140 Å². The monoisotopic (exact) mass is 326 g/mol. The Morgan fingerprint density at radius 1 is 1.42 bits per heavy atom. The van der Waals surface area contributed by atoms with Crippen LogP contribution in [0.2, 0.25) is 0 Å². The molecule has 7 heteroatoms. The van der Waals surface area contributed by atoms with Crippen LogP contribution >= 0.6 is 0 Å². The summed E-state index contributed by atoms with van der Waals surface area (Å²) in [5.74, 6) is -0.417. The van der Waals surface area contributed by atoms with E-state index in [0.717, 1.165) is 24.1 Å². The third-order valence-corrected chi connectivity index (χ3v) is 4.00. The first-order valence-corrected chi connectivity index (χ1v) is 8.07. The van der Waals surface area contributed by atoms with Crippen LogP contribution in [0.5, 0.6) is 0 Å². The molecule has 7 nitrogen and oxygen atoms in total. The number of benzene rings is 1. The standard InChI is InChI=1S/C17H21N5O2/c1-4-18-16(23)12-5-8-14(10(2)9-12)22-11(3)15(20-21-22)17(24)19-13-6-7-13/h5,8-9,13H,4,6-7H2,1-3H3,(H,18,23)(H,19,24)/p-1. The first-order valence-electron chi connectivity index (χ1n) is 8.07. The van der Waals surface area contributed by atoms with Crippen LogP contribution in [0.1, 0.15) is 47.1 Å². The molecule has 126 valence electrons. The third-order valence-electron chi connectivity index (χ3n) is 4.00. The van der Waals surface area contributed by atoms with Gasteiger partial charge in [0.1, 0.15) is 0 Å². The molecule has 1 aliphatic rings. The van der Waals surface area contributed by atoms with Gasteiger partial charge in [-0.25, -0.2) is 4.68 Å². The van der Waals surface area contributed by atoms with Crippen LogP contribution in [0.4, 0.5) is 0 Å². The smallest absolute Gasteiger partial charge is 0.273 e. The van der Waals surface area contributed by atoms with Gasteiger partial charge in [-0.3, -0.25) is 4.79 Å². The Morgan fingerprint density at radius 2 is 2.17 bits per heavy atom. The Kier molecular flexibility index (Phi) is 4.33. The molecule has 0 spiro atoms. The van der Waals surface area contributed by atoms with Crippen LogP contribution in [0, 0.1) is 13.8 Å². The van der Waals surface area contributed by atoms with Crippen LogP contribution in [-0.4, -0.2) is 39.4 Å². The molecule has 1 heterocycles. The summed E-state index contributed by atoms with van der Waals surface area (Å²) in [6, 6.07) is 5.57. The number of aryl methyl sites for hydroxylation is 1. The number of carbonyl (C=O) groups is 1. The highest BCUT2D eigenvalue weighted by Crippen LogP contribution is 2.21. The topological polar surface area (TPSA) is 95.2 Å². The van der Waals surface area contributed by atoms with Crippen LogP contribution in [0.25, 0.3) is 5.69 Å². The summed E-state index contributed by atoms with van der Waals surface area (Å²) >= 11 is 0. The number of nitrogens with zero attached hydrogens (tertiary/aromatic N) is 4. The number of aliphatic imine (C=N–C) groups is 1. The summed E-state index contributed by atoms with van der Waals surface area (Å²) in [5.41, 5.74) is 3.21. The molecule has 1 aliphatic carbocycles. The van der Waals surface area contributed by atoms with Gasteiger partial charge in [0.05, 0.1) is 11.4 Å². The zero-order chi connectivity index (χ0) is 17.3. The first-order chi connectivity index (χ1) is 11.5. The normalized spacial score (nSPS) is 14.7. The van der Waals surface area contributed by atoms with Crippen molar-refractivity contribution in [1.29, 1.82) is 0 Å². The van der Waals surface area contributed by atoms with Gasteiger partial charge in [0, 0.05) is 12.6 Å². The molecule has 3 rings (SSSR count). The highest BCUT2D eigenvalue weighted by Gasteiger charge is 2.26. The summed E-state index contributed by atoms with van der Waals surface area (Å²) in [7, 11) is 0. The molecule has 24 heavy (non-hydrogen) atoms. The molecule has 0 atom stereocenters. The molecule has 0 saturated heterocycles. The molecule has 0 bridgehead atoms. The summed E-state index contributed by atoms with van der Waals surface area (Å²) in [6.45, 7) is 5.99. The second-order valence-electron chi connectivity index (χ2n) is 5.96. The number of aromatic nitrogens is 3. The fourth-order valence-electron chi connectivity index (χ4n) is 2.51. The van der Waals surface area contributed by atoms with Gasteiger partial charge in [0.25, 0.3) is 5.91 Å². The van der Waals surface area contributed by atoms with Crippen molar-refractivity contribution in [1.82, 2.24) is 20.3 Å². The second-order valence-corrected chi connectivity index (χ2v) is 5.96. The molecule has 1 saturated carbocycles. The van der Waals surface area contributed by atoms with E-state index in [4.69, 9.17) is 0 Å². The van der Waals surface area contributed by atoms with E-state index in [-0.39, 0.29) is 17.8 Å². The van der Waals surface area contributed by atoms with E-state index >= 15 is 0 Å². The number of carbonyl (C=O) groups excluding carboxylic acids is 1. The molecular weight excluding hydrogens is 306 g/mol. The zero-order valence-corrected chi connectivity index (χ0v) is 14.0. The third kappa shape index (κ3) is 3.15. The highest BCUT2D eigenvalue weighted by molar-refractivity contribution is 5.94. The van der Waals surface area contributed by atoms with Crippen molar-refractivity contribution in [2.24, 2.45) is 4.99 Å². The first kappa shape index (κ1) is 16.2. The van der Waals surface area contributed by atoms with Crippen molar-refractivity contribution in [3.63, 3.8) is 0 Å². The fraction of sp³-hybridized carbons (Fsp3) is 0.412. The van der Waals surface area contributed by atoms with Gasteiger partial charge in [0.2, 0.25) is 0 Å². The Hall–Kier alpha value is -2.70. The van der Waals surface area contributed by atoms with Crippen LogP contribution in [-0.2, 0) is 0 Å². The lowest BCUT2D eigenvalue weighted by Crippen LogP contribution is -2.26. The minimum atomic E-state index is -0.230. The van der Waals surface area contributed by atoms with Crippen molar-refractivity contribution in [2.75, 3.05) is 6.54 Å². The summed E-state index contributed by atoms with van der Waals surface area (Å²) < 4.78 is 1.63. The van der Waals surface area contributed by atoms with Gasteiger partial charge >= 0.3 is 0 Å². The molecule has 1 N–H and O–H groups in total. The van der Waals surface area contributed by atoms with Gasteiger partial charge in [-0.2, -0.15) is 0 Å². The molecule has 0 unspecified atom stereocenters. The van der Waals surface area contributed by atoms with E-state index in [2.05, 4.69) is 20.6 Å². The molecule has 1 amide bonds. The van der Waals surface area contributed by atoms with Crippen molar-refractivity contribution in [3.05, 3.63) is 40.7 Å². The Bertz CT molecular complexity index is 805. The maximum Gasteiger partial charge on any atom is 0.273 e. The summed E-state index contributed by atoms with van der Waals surface area (Å²) in [6.07, 6.45) is 2.05. The minimum absolute atomic E-state index is 0.188. The van der Waals surface area contributed by atoms with Crippen molar-refractivity contribution in [2.45, 2.75) is 39.7 Å². The molecule has 0 aliphatic heterocycles. The molecule has 2 aromatic rings. The van der Waals surface area contributed by atoms with E-state index in [1.54, 1.807) is 22.9 Å². The van der Waals surface area contributed by atoms with Crippen LogP contribution in [0.15, 0.2) is 23.2 Å². The van der Waals surface area contributed by atoms with E-state index in [0.29, 0.717) is 23.5 Å². The number of nitrogens with one attached hydrogen (secondary N) is 1. The van der Waals surface area contributed by atoms with Gasteiger partial charge in [0.15, 0.2) is 5.69 Å². The average molecular weight is 326 g/mol. The van der Waals surface area contributed by atoms with E-state index < -0.39 is 0 Å². The van der Waals surface area contributed by atoms with Crippen LogP contribution in [0.3, 0.4) is 0 Å². The molecule has 1 fully saturated rings. The lowest BCUT2D eigenvalue weighted by atomic mass is 10.1. The van der Waals surface area contributed by atoms with Crippen LogP contribution < -0.4 is 10.4 Å². The molecule has 0 radical (unpaired) electrons. The second kappa shape index (κ2) is 6.43. The van der Waals surface area contributed by atoms with Gasteiger partial charge in [-0.15, -0.1) is 5.10 Å². The maximum absolute atomic E-state index is 12.2. The molecule has 1 aromatic heterocycles. The lowest BCUT2D eigenvalue weighted by Gasteiger charge is -2.14. The van der Waals surface area contributed by atoms with Gasteiger partial charge < -0.3 is 15.4 Å². The van der Waals surface area contributed by atoms with Crippen molar-refractivity contribution < 1.29 is 9.90 Å². The highest BCUT2D eigenvalue weighted by atomic mass is 16.3. The number of hydrogen-bond acceptors (Lipinski definition) is 5. The predicted molar refractivity (Wildman–Crippen MR) is 88.4 cm³/mol. The van der Waals surface area contributed by atoms with Gasteiger partial charge in [-0.05, 0) is 62.8 Å². The van der Waals surface area contributed by atoms with E-state index in [1.165, 1.54) is 0 Å². The van der Waals surface area contributed by atoms with E-state index in [9.17, 15) is 9.90 Å².